The average molecular weight is 354 g/mol. The first kappa shape index (κ1) is 10.4. The van der Waals surface area contributed by atoms with Crippen LogP contribution >= 0.6 is 22.6 Å². The minimum absolute atomic E-state index is 0.426. The average Bonchev–Trinajstić information content (AvgIpc) is 1.89. The monoisotopic (exact) mass is 354 g/mol. The van der Waals surface area contributed by atoms with E-state index in [1.165, 1.54) is 15.3 Å². The molecule has 0 spiro atoms. The first-order valence-corrected chi connectivity index (χ1v) is 7.44. The Morgan fingerprint density at radius 1 is 1.67 bits per heavy atom. The van der Waals surface area contributed by atoms with Crippen molar-refractivity contribution in [3.05, 3.63) is 0 Å². The number of alkyl halides is 3. The number of rotatable bonds is 5. The van der Waals surface area contributed by atoms with Crippen LogP contribution in [0, 0.1) is 0 Å². The fraction of sp³-hybridized carbons (Fsp3) is 1.00. The normalized spacial score (nSPS) is 14.1. The second-order valence-electron chi connectivity index (χ2n) is 1.90. The minimum atomic E-state index is 0.426. The second kappa shape index (κ2) is 7.53. The molecule has 0 aliphatic heterocycles. The Hall–Kier alpha value is 1.42. The van der Waals surface area contributed by atoms with Crippen LogP contribution in [-0.4, -0.2) is 19.3 Å². The van der Waals surface area contributed by atoms with Gasteiger partial charge in [-0.25, -0.2) is 0 Å². The molecule has 0 radical (unpaired) electrons. The molecule has 0 aromatic heterocycles. The summed E-state index contributed by atoms with van der Waals surface area (Å²) in [6.07, 6.45) is 1.40. The Morgan fingerprint density at radius 2 is 2.33 bits per heavy atom. The molecular formula is C6H14I2N-. The standard InChI is InChI=1S/C6H14I2N/c1-6(5-9)8-4-2-3-7/h6H,2-5,9H2,1H3/q-1. The zero-order valence-corrected chi connectivity index (χ0v) is 10.1. The van der Waals surface area contributed by atoms with E-state index in [9.17, 15) is 0 Å². The summed E-state index contributed by atoms with van der Waals surface area (Å²) in [5.74, 6) is 0. The van der Waals surface area contributed by atoms with E-state index in [0.29, 0.717) is 21.2 Å². The van der Waals surface area contributed by atoms with Gasteiger partial charge in [0, 0.05) is 0 Å². The van der Waals surface area contributed by atoms with E-state index in [0.717, 1.165) is 10.5 Å². The van der Waals surface area contributed by atoms with Gasteiger partial charge in [0.25, 0.3) is 0 Å². The van der Waals surface area contributed by atoms with Crippen molar-refractivity contribution in [2.45, 2.75) is 17.3 Å². The quantitative estimate of drug-likeness (QED) is 0.354. The van der Waals surface area contributed by atoms with Crippen molar-refractivity contribution in [2.24, 2.45) is 5.73 Å². The molecule has 1 atom stereocenters. The molecule has 0 heterocycles. The predicted octanol–water partition coefficient (Wildman–Crippen LogP) is -1.75. The topological polar surface area (TPSA) is 26.0 Å². The third-order valence-electron chi connectivity index (χ3n) is 0.965. The molecule has 2 N–H and O–H groups in total. The van der Waals surface area contributed by atoms with Crippen LogP contribution in [0.4, 0.5) is 0 Å². The van der Waals surface area contributed by atoms with Gasteiger partial charge in [-0.3, -0.25) is 0 Å². The maximum absolute atomic E-state index is 5.48. The third-order valence-corrected chi connectivity index (χ3v) is 5.13. The van der Waals surface area contributed by atoms with Gasteiger partial charge in [0.1, 0.15) is 0 Å². The molecule has 1 unspecified atom stereocenters. The van der Waals surface area contributed by atoms with E-state index >= 15 is 0 Å². The van der Waals surface area contributed by atoms with E-state index in [2.05, 4.69) is 29.5 Å². The van der Waals surface area contributed by atoms with E-state index in [-0.39, 0.29) is 0 Å². The summed E-state index contributed by atoms with van der Waals surface area (Å²) in [6, 6.07) is 0. The van der Waals surface area contributed by atoms with Crippen LogP contribution in [0.15, 0.2) is 0 Å². The molecule has 0 amide bonds. The molecule has 58 valence electrons. The summed E-state index contributed by atoms with van der Waals surface area (Å²) < 4.78 is 3.61. The van der Waals surface area contributed by atoms with Gasteiger partial charge < -0.3 is 0 Å². The molecule has 0 saturated heterocycles. The van der Waals surface area contributed by atoms with Crippen LogP contribution < -0.4 is 26.9 Å². The summed E-state index contributed by atoms with van der Waals surface area (Å²) >= 11 is 2.86. The van der Waals surface area contributed by atoms with Crippen LogP contribution in [0.25, 0.3) is 0 Å². The third kappa shape index (κ3) is 7.32. The van der Waals surface area contributed by atoms with Gasteiger partial charge in [-0.15, -0.1) is 0 Å². The predicted molar refractivity (Wildman–Crippen MR) is 46.9 cm³/mol. The van der Waals surface area contributed by atoms with Gasteiger partial charge in [-0.05, 0) is 0 Å². The molecule has 0 aliphatic carbocycles. The number of halogens is 2. The first-order chi connectivity index (χ1) is 4.31. The molecule has 9 heavy (non-hydrogen) atoms. The summed E-state index contributed by atoms with van der Waals surface area (Å²) in [5.41, 5.74) is 5.48. The van der Waals surface area contributed by atoms with Crippen molar-refractivity contribution in [2.75, 3.05) is 15.4 Å². The van der Waals surface area contributed by atoms with Gasteiger partial charge in [0.15, 0.2) is 0 Å². The van der Waals surface area contributed by atoms with Crippen LogP contribution in [0.2, 0.25) is 0 Å². The SMILES string of the molecule is CC(CN)[I-]CCCI. The molecule has 1 nitrogen and oxygen atoms in total. The molecular weight excluding hydrogens is 340 g/mol. The van der Waals surface area contributed by atoms with Crippen molar-refractivity contribution in [3.8, 4) is 0 Å². The zero-order valence-electron chi connectivity index (χ0n) is 5.74. The van der Waals surface area contributed by atoms with Crippen molar-refractivity contribution >= 4 is 22.6 Å². The Morgan fingerprint density at radius 3 is 2.78 bits per heavy atom. The molecule has 0 saturated carbocycles. The van der Waals surface area contributed by atoms with E-state index < -0.39 is 0 Å². The molecule has 3 heteroatoms. The zero-order chi connectivity index (χ0) is 7.11. The fourth-order valence-electron chi connectivity index (χ4n) is 0.377. The summed E-state index contributed by atoms with van der Waals surface area (Å²) in [6.45, 7) is 3.16. The molecule has 0 aliphatic rings. The molecule has 0 aromatic carbocycles. The van der Waals surface area contributed by atoms with Crippen LogP contribution in [0.1, 0.15) is 13.3 Å². The summed E-state index contributed by atoms with van der Waals surface area (Å²) in [5, 5.41) is 0. The van der Waals surface area contributed by atoms with Crippen molar-refractivity contribution in [1.82, 2.24) is 0 Å². The first-order valence-electron chi connectivity index (χ1n) is 3.15. The van der Waals surface area contributed by atoms with Gasteiger partial charge in [0.05, 0.1) is 0 Å². The van der Waals surface area contributed by atoms with Crippen molar-refractivity contribution < 1.29 is 21.2 Å². The molecule has 0 rings (SSSR count). The Kier molecular flexibility index (Phi) is 8.71. The van der Waals surface area contributed by atoms with E-state index in [4.69, 9.17) is 5.73 Å². The molecule has 0 bridgehead atoms. The van der Waals surface area contributed by atoms with Gasteiger partial charge in [-0.1, -0.05) is 0 Å². The second-order valence-corrected chi connectivity index (χ2v) is 7.07. The van der Waals surface area contributed by atoms with Gasteiger partial charge >= 0.3 is 82.2 Å². The van der Waals surface area contributed by atoms with E-state index in [1.807, 2.05) is 0 Å². The maximum atomic E-state index is 5.48. The van der Waals surface area contributed by atoms with Gasteiger partial charge in [-0.2, -0.15) is 0 Å². The Balaban J connectivity index is 2.88. The molecule has 0 fully saturated rings. The van der Waals surface area contributed by atoms with E-state index in [1.54, 1.807) is 0 Å². The number of hydrogen-bond acceptors (Lipinski definition) is 1. The number of hydrogen-bond donors (Lipinski definition) is 1. The van der Waals surface area contributed by atoms with Crippen molar-refractivity contribution in [1.29, 1.82) is 0 Å². The van der Waals surface area contributed by atoms with Crippen LogP contribution in [-0.2, 0) is 0 Å². The fourth-order valence-corrected chi connectivity index (χ4v) is 4.46. The van der Waals surface area contributed by atoms with Gasteiger partial charge in [0.2, 0.25) is 0 Å². The van der Waals surface area contributed by atoms with Crippen LogP contribution in [0.3, 0.4) is 0 Å². The van der Waals surface area contributed by atoms with Crippen LogP contribution in [0.5, 0.6) is 0 Å². The number of nitrogens with two attached hydrogens (primary N) is 1. The summed E-state index contributed by atoms with van der Waals surface area (Å²) in [7, 11) is 0. The van der Waals surface area contributed by atoms with Crippen molar-refractivity contribution in [3.63, 3.8) is 0 Å². The molecule has 0 aromatic rings. The Bertz CT molecular complexity index is 59.0. The summed E-state index contributed by atoms with van der Waals surface area (Å²) in [4.78, 5) is 0. The Labute approximate surface area is 81.6 Å².